The highest BCUT2D eigenvalue weighted by Crippen LogP contribution is 2.48. The highest BCUT2D eigenvalue weighted by molar-refractivity contribution is 8.04. The molecule has 1 aromatic heterocycles. The first-order chi connectivity index (χ1) is 19.4. The number of benzene rings is 1. The first-order valence-corrected chi connectivity index (χ1v) is 14.4. The van der Waals surface area contributed by atoms with Crippen molar-refractivity contribution in [3.05, 3.63) is 65.5 Å². The average molecular weight is 562 g/mol. The maximum absolute atomic E-state index is 13.6. The number of urea groups is 1. The second-order valence-electron chi connectivity index (χ2n) is 10.3. The van der Waals surface area contributed by atoms with Crippen LogP contribution in [0.4, 0.5) is 10.5 Å². The average Bonchev–Trinajstić information content (AvgIpc) is 3.55. The lowest BCUT2D eigenvalue weighted by atomic mass is 9.86. The number of nitrogens with zero attached hydrogens (tertiary/aromatic N) is 3. The maximum atomic E-state index is 13.6. The van der Waals surface area contributed by atoms with E-state index in [4.69, 9.17) is 4.74 Å². The van der Waals surface area contributed by atoms with Crippen LogP contribution in [-0.2, 0) is 9.59 Å². The Morgan fingerprint density at radius 1 is 1.18 bits per heavy atom. The fraction of sp³-hybridized carbons (Fsp3) is 0.393. The van der Waals surface area contributed by atoms with E-state index in [1.54, 1.807) is 11.1 Å². The highest BCUT2D eigenvalue weighted by Gasteiger charge is 2.52. The Morgan fingerprint density at radius 3 is 2.70 bits per heavy atom. The van der Waals surface area contributed by atoms with Crippen molar-refractivity contribution in [3.63, 3.8) is 0 Å². The van der Waals surface area contributed by atoms with Crippen molar-refractivity contribution in [1.82, 2.24) is 31.2 Å². The number of carbonyl (C=O) groups excluding carboxylic acids is 3. The Morgan fingerprint density at radius 2 is 1.95 bits per heavy atom. The summed E-state index contributed by atoms with van der Waals surface area (Å²) in [6, 6.07) is 8.69. The van der Waals surface area contributed by atoms with Crippen molar-refractivity contribution in [2.24, 2.45) is 5.92 Å². The topological polar surface area (TPSA) is 138 Å². The number of nitrogens with one attached hydrogen (secondary N) is 4. The summed E-state index contributed by atoms with van der Waals surface area (Å²) >= 11 is 1.45. The smallest absolute Gasteiger partial charge is 0.326 e. The normalized spacial score (nSPS) is 27.1. The number of hydrogen-bond donors (Lipinski definition) is 4. The molecule has 11 nitrogen and oxygen atoms in total. The first-order valence-electron chi connectivity index (χ1n) is 13.5. The second kappa shape index (κ2) is 10.9. The summed E-state index contributed by atoms with van der Waals surface area (Å²) in [6.45, 7) is 6.05. The van der Waals surface area contributed by atoms with Gasteiger partial charge in [-0.25, -0.2) is 9.78 Å². The third-order valence-corrected chi connectivity index (χ3v) is 9.19. The zero-order valence-electron chi connectivity index (χ0n) is 22.1. The Hall–Kier alpha value is -3.90. The summed E-state index contributed by atoms with van der Waals surface area (Å²) in [4.78, 5) is 50.0. The van der Waals surface area contributed by atoms with Gasteiger partial charge in [-0.1, -0.05) is 36.5 Å². The van der Waals surface area contributed by atoms with Gasteiger partial charge in [0.15, 0.2) is 0 Å². The summed E-state index contributed by atoms with van der Waals surface area (Å²) in [7, 11) is 0. The number of carbonyl (C=O) groups is 3. The molecule has 12 heteroatoms. The molecule has 1 aliphatic carbocycles. The number of aryl methyl sites for hydroxylation is 1. The second-order valence-corrected chi connectivity index (χ2v) is 11.4. The van der Waals surface area contributed by atoms with Crippen molar-refractivity contribution in [2.45, 2.75) is 56.1 Å². The molecule has 3 aliphatic heterocycles. The lowest BCUT2D eigenvalue weighted by molar-refractivity contribution is -0.119. The molecule has 6 rings (SSSR count). The van der Waals surface area contributed by atoms with Gasteiger partial charge in [0.2, 0.25) is 5.91 Å². The number of para-hydroxylation sites is 1. The summed E-state index contributed by atoms with van der Waals surface area (Å²) in [5.74, 6) is 0.0502. The van der Waals surface area contributed by atoms with Crippen LogP contribution in [-0.4, -0.2) is 57.9 Å². The standard InChI is InChI=1S/C28H31N7O4S/c1-3-21(36)32-17-10-7-11-18(17)33-25(37)24-23-22-19(12-13-29-26(22)40-24)35(28(38)34-23)20-14-30-27(31-15(20)2)39-16-8-5-4-6-9-16/h3-6,8-9,14,17-19,22,26,29H,1,7,10-13H2,2H3,(H,32,36)(H,33,37)(H,34,38)/t17-,18+,19?,22?,26?/m0/s1. The molecule has 0 spiro atoms. The molecule has 3 unspecified atom stereocenters. The number of thioether (sulfide) groups is 1. The molecule has 5 atom stereocenters. The summed E-state index contributed by atoms with van der Waals surface area (Å²) in [5, 5.41) is 12.5. The van der Waals surface area contributed by atoms with Gasteiger partial charge in [0.1, 0.15) is 5.75 Å². The molecule has 1 saturated carbocycles. The maximum Gasteiger partial charge on any atom is 0.326 e. The quantitative estimate of drug-likeness (QED) is 0.379. The van der Waals surface area contributed by atoms with Crippen LogP contribution < -0.4 is 30.9 Å². The van der Waals surface area contributed by atoms with Crippen molar-refractivity contribution in [3.8, 4) is 11.8 Å². The van der Waals surface area contributed by atoms with Crippen LogP contribution in [0.15, 0.2) is 59.8 Å². The van der Waals surface area contributed by atoms with Gasteiger partial charge in [-0.05, 0) is 57.4 Å². The Balaban J connectivity index is 1.22. The molecule has 1 aromatic carbocycles. The van der Waals surface area contributed by atoms with Crippen molar-refractivity contribution >= 4 is 35.3 Å². The van der Waals surface area contributed by atoms with E-state index in [1.807, 2.05) is 37.3 Å². The van der Waals surface area contributed by atoms with Crippen LogP contribution in [0.2, 0.25) is 0 Å². The Kier molecular flexibility index (Phi) is 7.20. The van der Waals surface area contributed by atoms with Crippen LogP contribution in [0, 0.1) is 12.8 Å². The summed E-state index contributed by atoms with van der Waals surface area (Å²) in [5.41, 5.74) is 1.88. The number of hydrogen-bond acceptors (Lipinski definition) is 8. The van der Waals surface area contributed by atoms with E-state index in [-0.39, 0.29) is 53.3 Å². The molecule has 4 heterocycles. The van der Waals surface area contributed by atoms with Gasteiger partial charge in [0, 0.05) is 23.7 Å². The Labute approximate surface area is 236 Å². The minimum Gasteiger partial charge on any atom is -0.424 e. The third-order valence-electron chi connectivity index (χ3n) is 7.84. The van der Waals surface area contributed by atoms with E-state index >= 15 is 0 Å². The number of aromatic nitrogens is 2. The minimum atomic E-state index is -0.315. The largest absolute Gasteiger partial charge is 0.424 e. The van der Waals surface area contributed by atoms with E-state index < -0.39 is 0 Å². The van der Waals surface area contributed by atoms with Crippen molar-refractivity contribution in [1.29, 1.82) is 0 Å². The van der Waals surface area contributed by atoms with Gasteiger partial charge in [-0.3, -0.25) is 14.5 Å². The van der Waals surface area contributed by atoms with Gasteiger partial charge in [-0.15, -0.1) is 0 Å². The zero-order valence-corrected chi connectivity index (χ0v) is 22.9. The summed E-state index contributed by atoms with van der Waals surface area (Å²) in [6.07, 6.45) is 6.06. The molecule has 40 heavy (non-hydrogen) atoms. The van der Waals surface area contributed by atoms with E-state index in [0.717, 1.165) is 19.3 Å². The lowest BCUT2D eigenvalue weighted by Gasteiger charge is -2.45. The molecule has 4 aliphatic rings. The molecule has 4 amide bonds. The fourth-order valence-corrected chi connectivity index (χ4v) is 7.40. The van der Waals surface area contributed by atoms with E-state index in [2.05, 4.69) is 37.8 Å². The van der Waals surface area contributed by atoms with Crippen LogP contribution in [0.3, 0.4) is 0 Å². The molecular formula is C28H31N7O4S. The van der Waals surface area contributed by atoms with Crippen LogP contribution in [0.1, 0.15) is 31.4 Å². The first kappa shape index (κ1) is 26.3. The molecule has 0 bridgehead atoms. The van der Waals surface area contributed by atoms with Crippen LogP contribution in [0.5, 0.6) is 11.8 Å². The van der Waals surface area contributed by atoms with Crippen molar-refractivity contribution in [2.75, 3.05) is 11.4 Å². The predicted octanol–water partition coefficient (Wildman–Crippen LogP) is 2.71. The molecule has 2 saturated heterocycles. The SMILES string of the molecule is C=CC(=O)N[C@H]1CCC[C@H]1NC(=O)C1=C2NC(=O)N(c3cnc(Oc4ccccc4)nc3C)C3CCNC(S1)C23. The number of ether oxygens (including phenoxy) is 1. The molecular weight excluding hydrogens is 530 g/mol. The monoisotopic (exact) mass is 561 g/mol. The van der Waals surface area contributed by atoms with Gasteiger partial charge in [0.05, 0.1) is 33.9 Å². The third kappa shape index (κ3) is 4.92. The molecule has 0 radical (unpaired) electrons. The van der Waals surface area contributed by atoms with Crippen LogP contribution >= 0.6 is 11.8 Å². The fourth-order valence-electron chi connectivity index (χ4n) is 6.00. The molecule has 208 valence electrons. The summed E-state index contributed by atoms with van der Waals surface area (Å²) < 4.78 is 5.77. The van der Waals surface area contributed by atoms with Gasteiger partial charge in [-0.2, -0.15) is 4.98 Å². The van der Waals surface area contributed by atoms with E-state index in [0.29, 0.717) is 40.7 Å². The number of rotatable bonds is 7. The minimum absolute atomic E-state index is 0.0562. The van der Waals surface area contributed by atoms with Crippen LogP contribution in [0.25, 0.3) is 0 Å². The zero-order chi connectivity index (χ0) is 27.8. The van der Waals surface area contributed by atoms with Gasteiger partial charge < -0.3 is 26.0 Å². The van der Waals surface area contributed by atoms with Crippen molar-refractivity contribution < 1.29 is 19.1 Å². The van der Waals surface area contributed by atoms with E-state index in [9.17, 15) is 14.4 Å². The number of amides is 4. The number of anilines is 1. The number of piperidine rings is 1. The lowest BCUT2D eigenvalue weighted by Crippen LogP contribution is -2.62. The van der Waals surface area contributed by atoms with Gasteiger partial charge >= 0.3 is 12.0 Å². The Bertz CT molecular complexity index is 1380. The molecule has 3 fully saturated rings. The van der Waals surface area contributed by atoms with Gasteiger partial charge in [0.25, 0.3) is 5.91 Å². The molecule has 4 N–H and O–H groups in total. The molecule has 2 aromatic rings. The van der Waals surface area contributed by atoms with E-state index in [1.165, 1.54) is 17.8 Å². The highest BCUT2D eigenvalue weighted by atomic mass is 32.2. The predicted molar refractivity (Wildman–Crippen MR) is 151 cm³/mol.